The molecule has 6 nitrogen and oxygen atoms in total. The average molecular weight is 252 g/mol. The summed E-state index contributed by atoms with van der Waals surface area (Å²) in [5, 5.41) is 11.2. The van der Waals surface area contributed by atoms with Gasteiger partial charge in [0.15, 0.2) is 5.82 Å². The van der Waals surface area contributed by atoms with Gasteiger partial charge in [0.2, 0.25) is 5.91 Å². The monoisotopic (exact) mass is 252 g/mol. The van der Waals surface area contributed by atoms with Crippen LogP contribution in [0.1, 0.15) is 44.4 Å². The Morgan fingerprint density at radius 3 is 3.17 bits per heavy atom. The zero-order valence-corrected chi connectivity index (χ0v) is 11.0. The number of carbonyl (C=O) groups excluding carboxylic acids is 1. The van der Waals surface area contributed by atoms with Crippen molar-refractivity contribution in [3.63, 3.8) is 0 Å². The molecular weight excluding hydrogens is 232 g/mol. The fourth-order valence-electron chi connectivity index (χ4n) is 2.15. The van der Waals surface area contributed by atoms with E-state index in [2.05, 4.69) is 20.1 Å². The van der Waals surface area contributed by atoms with E-state index in [9.17, 15) is 4.79 Å². The van der Waals surface area contributed by atoms with Gasteiger partial charge in [0.1, 0.15) is 12.4 Å². The lowest BCUT2D eigenvalue weighted by molar-refractivity contribution is -0.126. The first-order chi connectivity index (χ1) is 8.72. The molecule has 0 fully saturated rings. The largest absolute Gasteiger partial charge is 0.372 e. The number of ether oxygens (including phenoxy) is 1. The van der Waals surface area contributed by atoms with Crippen LogP contribution in [0.25, 0.3) is 0 Å². The van der Waals surface area contributed by atoms with Crippen LogP contribution >= 0.6 is 0 Å². The van der Waals surface area contributed by atoms with Crippen LogP contribution in [0.15, 0.2) is 0 Å². The molecule has 6 heteroatoms. The van der Waals surface area contributed by atoms with Crippen molar-refractivity contribution in [2.24, 2.45) is 0 Å². The van der Waals surface area contributed by atoms with Gasteiger partial charge in [-0.2, -0.15) is 0 Å². The minimum Gasteiger partial charge on any atom is -0.372 e. The third-order valence-electron chi connectivity index (χ3n) is 2.98. The van der Waals surface area contributed by atoms with Crippen LogP contribution in [0.2, 0.25) is 0 Å². The van der Waals surface area contributed by atoms with Crippen LogP contribution in [-0.2, 0) is 22.5 Å². The highest BCUT2D eigenvalue weighted by atomic mass is 16.5. The van der Waals surface area contributed by atoms with Crippen LogP contribution in [0, 0.1) is 0 Å². The van der Waals surface area contributed by atoms with Crippen LogP contribution in [0.5, 0.6) is 0 Å². The predicted molar refractivity (Wildman–Crippen MR) is 66.0 cm³/mol. The number of carbonyl (C=O) groups is 1. The zero-order chi connectivity index (χ0) is 13.0. The van der Waals surface area contributed by atoms with Crippen molar-refractivity contribution in [1.29, 1.82) is 0 Å². The molecule has 2 rings (SSSR count). The summed E-state index contributed by atoms with van der Waals surface area (Å²) in [4.78, 5) is 11.6. The molecule has 0 saturated carbocycles. The standard InChI is InChI=1S/C12H20N4O2/c1-3-7-18-8-11(17)13-9(2)12-15-14-10-5-4-6-16(10)12/h9H,3-8H2,1-2H3,(H,13,17). The molecule has 0 aromatic carbocycles. The Balaban J connectivity index is 1.87. The number of aromatic nitrogens is 3. The normalized spacial score (nSPS) is 15.4. The Morgan fingerprint density at radius 2 is 2.39 bits per heavy atom. The smallest absolute Gasteiger partial charge is 0.246 e. The molecule has 100 valence electrons. The first kappa shape index (κ1) is 13.0. The number of nitrogens with one attached hydrogen (secondary N) is 1. The third-order valence-corrected chi connectivity index (χ3v) is 2.98. The molecule has 1 amide bonds. The first-order valence-electron chi connectivity index (χ1n) is 6.51. The Labute approximate surface area is 107 Å². The fourth-order valence-corrected chi connectivity index (χ4v) is 2.15. The fraction of sp³-hybridized carbons (Fsp3) is 0.750. The highest BCUT2D eigenvalue weighted by Gasteiger charge is 2.22. The van der Waals surface area contributed by atoms with Crippen LogP contribution in [0.3, 0.4) is 0 Å². The SMILES string of the molecule is CCCOCC(=O)NC(C)c1nnc2n1CCC2. The van der Waals surface area contributed by atoms with Crippen LogP contribution in [-0.4, -0.2) is 33.9 Å². The van der Waals surface area contributed by atoms with Gasteiger partial charge in [-0.3, -0.25) is 4.79 Å². The number of hydrogen-bond donors (Lipinski definition) is 1. The number of amides is 1. The second kappa shape index (κ2) is 5.95. The molecule has 1 aromatic rings. The second-order valence-electron chi connectivity index (χ2n) is 4.57. The van der Waals surface area contributed by atoms with E-state index in [0.29, 0.717) is 6.61 Å². The number of fused-ring (bicyclic) bond motifs is 1. The molecule has 0 spiro atoms. The molecule has 1 aliphatic heterocycles. The number of nitrogens with zero attached hydrogens (tertiary/aromatic N) is 3. The molecule has 1 N–H and O–H groups in total. The van der Waals surface area contributed by atoms with Crippen molar-refractivity contribution in [3.8, 4) is 0 Å². The van der Waals surface area contributed by atoms with E-state index in [-0.39, 0.29) is 18.6 Å². The lowest BCUT2D eigenvalue weighted by Crippen LogP contribution is -2.31. The lowest BCUT2D eigenvalue weighted by Gasteiger charge is -2.13. The van der Waals surface area contributed by atoms with Gasteiger partial charge < -0.3 is 14.6 Å². The van der Waals surface area contributed by atoms with Gasteiger partial charge in [-0.25, -0.2) is 0 Å². The summed E-state index contributed by atoms with van der Waals surface area (Å²) in [5.41, 5.74) is 0. The van der Waals surface area contributed by atoms with Gasteiger partial charge >= 0.3 is 0 Å². The number of rotatable bonds is 6. The molecule has 0 saturated heterocycles. The summed E-state index contributed by atoms with van der Waals surface area (Å²) in [6.45, 7) is 5.61. The van der Waals surface area contributed by atoms with Gasteiger partial charge in [0.05, 0.1) is 6.04 Å². The highest BCUT2D eigenvalue weighted by Crippen LogP contribution is 2.18. The molecule has 1 aliphatic rings. The van der Waals surface area contributed by atoms with Gasteiger partial charge in [-0.1, -0.05) is 6.92 Å². The molecule has 0 radical (unpaired) electrons. The molecule has 1 unspecified atom stereocenters. The lowest BCUT2D eigenvalue weighted by atomic mass is 10.3. The molecule has 1 aromatic heterocycles. The van der Waals surface area contributed by atoms with E-state index < -0.39 is 0 Å². The highest BCUT2D eigenvalue weighted by molar-refractivity contribution is 5.77. The summed E-state index contributed by atoms with van der Waals surface area (Å²) in [6, 6.07) is -0.123. The summed E-state index contributed by atoms with van der Waals surface area (Å²) < 4.78 is 7.30. The van der Waals surface area contributed by atoms with E-state index in [1.807, 2.05) is 13.8 Å². The Bertz CT molecular complexity index is 416. The van der Waals surface area contributed by atoms with Crippen molar-refractivity contribution in [1.82, 2.24) is 20.1 Å². The van der Waals surface area contributed by atoms with Gasteiger partial charge in [0, 0.05) is 19.6 Å². The van der Waals surface area contributed by atoms with Gasteiger partial charge in [0.25, 0.3) is 0 Å². The number of hydrogen-bond acceptors (Lipinski definition) is 4. The van der Waals surface area contributed by atoms with E-state index in [1.54, 1.807) is 0 Å². The van der Waals surface area contributed by atoms with Crippen LogP contribution < -0.4 is 5.32 Å². The topological polar surface area (TPSA) is 69.0 Å². The molecule has 2 heterocycles. The zero-order valence-electron chi connectivity index (χ0n) is 11.0. The quantitative estimate of drug-likeness (QED) is 0.761. The number of aryl methyl sites for hydroxylation is 1. The minimum atomic E-state index is -0.123. The third kappa shape index (κ3) is 2.87. The first-order valence-corrected chi connectivity index (χ1v) is 6.51. The molecular formula is C12H20N4O2. The molecule has 1 atom stereocenters. The van der Waals surface area contributed by atoms with Gasteiger partial charge in [-0.05, 0) is 19.8 Å². The van der Waals surface area contributed by atoms with Crippen molar-refractivity contribution in [2.75, 3.05) is 13.2 Å². The van der Waals surface area contributed by atoms with Crippen molar-refractivity contribution >= 4 is 5.91 Å². The van der Waals surface area contributed by atoms with E-state index in [4.69, 9.17) is 4.74 Å². The van der Waals surface area contributed by atoms with Crippen LogP contribution in [0.4, 0.5) is 0 Å². The summed E-state index contributed by atoms with van der Waals surface area (Å²) in [5.74, 6) is 1.76. The second-order valence-corrected chi connectivity index (χ2v) is 4.57. The van der Waals surface area contributed by atoms with Crippen molar-refractivity contribution in [2.45, 2.75) is 45.7 Å². The maximum atomic E-state index is 11.6. The summed E-state index contributed by atoms with van der Waals surface area (Å²) >= 11 is 0. The summed E-state index contributed by atoms with van der Waals surface area (Å²) in [7, 11) is 0. The molecule has 0 aliphatic carbocycles. The predicted octanol–water partition coefficient (Wildman–Crippen LogP) is 0.828. The molecule has 18 heavy (non-hydrogen) atoms. The maximum Gasteiger partial charge on any atom is 0.246 e. The van der Waals surface area contributed by atoms with Crippen molar-refractivity contribution in [3.05, 3.63) is 11.6 Å². The Kier molecular flexibility index (Phi) is 4.30. The summed E-state index contributed by atoms with van der Waals surface area (Å²) in [6.07, 6.45) is 3.01. The Hall–Kier alpha value is -1.43. The van der Waals surface area contributed by atoms with E-state index in [1.165, 1.54) is 0 Å². The van der Waals surface area contributed by atoms with Crippen molar-refractivity contribution < 1.29 is 9.53 Å². The minimum absolute atomic E-state index is 0.105. The maximum absolute atomic E-state index is 11.6. The molecule has 0 bridgehead atoms. The Morgan fingerprint density at radius 1 is 1.56 bits per heavy atom. The van der Waals surface area contributed by atoms with E-state index >= 15 is 0 Å². The van der Waals surface area contributed by atoms with Gasteiger partial charge in [-0.15, -0.1) is 10.2 Å². The van der Waals surface area contributed by atoms with E-state index in [0.717, 1.165) is 37.5 Å². The average Bonchev–Trinajstić information content (AvgIpc) is 2.90.